The van der Waals surface area contributed by atoms with Crippen LogP contribution in [0.15, 0.2) is 18.2 Å². The van der Waals surface area contributed by atoms with Crippen molar-refractivity contribution in [3.05, 3.63) is 23.8 Å². The standard InChI is InChI=1S/C19H25NO6/c1-7-8-14(20-18(22)26-19(2,3)4)17(21)25-12-13-9-10-15(23-5)16(11-13)24-6/h1,9-11,14H,8,12H2,2-6H3,(H,20,22). The Bertz CT molecular complexity index is 672. The molecule has 7 heteroatoms. The predicted molar refractivity (Wildman–Crippen MR) is 95.9 cm³/mol. The van der Waals surface area contributed by atoms with Gasteiger partial charge in [0.15, 0.2) is 11.5 Å². The summed E-state index contributed by atoms with van der Waals surface area (Å²) in [5.74, 6) is 2.78. The van der Waals surface area contributed by atoms with Crippen LogP contribution in [0.5, 0.6) is 11.5 Å². The van der Waals surface area contributed by atoms with Gasteiger partial charge in [-0.05, 0) is 38.5 Å². The maximum Gasteiger partial charge on any atom is 0.408 e. The van der Waals surface area contributed by atoms with E-state index in [1.54, 1.807) is 39.0 Å². The lowest BCUT2D eigenvalue weighted by Gasteiger charge is -2.22. The second-order valence-electron chi connectivity index (χ2n) is 6.40. The fourth-order valence-corrected chi connectivity index (χ4v) is 1.99. The van der Waals surface area contributed by atoms with Crippen LogP contribution < -0.4 is 14.8 Å². The van der Waals surface area contributed by atoms with Crippen molar-refractivity contribution in [2.75, 3.05) is 14.2 Å². The van der Waals surface area contributed by atoms with Crippen molar-refractivity contribution in [3.63, 3.8) is 0 Å². The molecular weight excluding hydrogens is 338 g/mol. The number of methoxy groups -OCH3 is 2. The Morgan fingerprint density at radius 3 is 2.38 bits per heavy atom. The van der Waals surface area contributed by atoms with Crippen molar-refractivity contribution in [2.24, 2.45) is 0 Å². The Kier molecular flexibility index (Phi) is 7.78. The average Bonchev–Trinajstić information content (AvgIpc) is 2.57. The summed E-state index contributed by atoms with van der Waals surface area (Å²) in [6, 6.07) is 4.16. The topological polar surface area (TPSA) is 83.1 Å². The molecule has 0 aliphatic carbocycles. The summed E-state index contributed by atoms with van der Waals surface area (Å²) in [4.78, 5) is 24.1. The third-order valence-electron chi connectivity index (χ3n) is 3.13. The molecule has 1 rings (SSSR count). The van der Waals surface area contributed by atoms with E-state index in [9.17, 15) is 9.59 Å². The fraction of sp³-hybridized carbons (Fsp3) is 0.474. The average molecular weight is 363 g/mol. The van der Waals surface area contributed by atoms with E-state index < -0.39 is 23.7 Å². The minimum absolute atomic E-state index is 0.00371. The number of carbonyl (C=O) groups excluding carboxylic acids is 2. The lowest BCUT2D eigenvalue weighted by atomic mass is 10.2. The molecule has 1 unspecified atom stereocenters. The lowest BCUT2D eigenvalue weighted by molar-refractivity contribution is -0.147. The summed E-state index contributed by atoms with van der Waals surface area (Å²) in [5, 5.41) is 2.43. The molecule has 1 amide bonds. The summed E-state index contributed by atoms with van der Waals surface area (Å²) < 4.78 is 20.7. The molecule has 7 nitrogen and oxygen atoms in total. The van der Waals surface area contributed by atoms with Gasteiger partial charge in [0.1, 0.15) is 18.2 Å². The van der Waals surface area contributed by atoms with E-state index in [0.29, 0.717) is 17.1 Å². The summed E-state index contributed by atoms with van der Waals surface area (Å²) in [6.45, 7) is 5.16. The van der Waals surface area contributed by atoms with Gasteiger partial charge in [-0.3, -0.25) is 0 Å². The normalized spacial score (nSPS) is 11.7. The molecule has 1 N–H and O–H groups in total. The zero-order valence-corrected chi connectivity index (χ0v) is 15.8. The SMILES string of the molecule is C#CCC(NC(=O)OC(C)(C)C)C(=O)OCc1ccc(OC)c(OC)c1. The molecule has 1 aromatic rings. The molecule has 0 bridgehead atoms. The first-order valence-corrected chi connectivity index (χ1v) is 8.00. The minimum Gasteiger partial charge on any atom is -0.493 e. The van der Waals surface area contributed by atoms with Crippen molar-refractivity contribution < 1.29 is 28.5 Å². The van der Waals surface area contributed by atoms with Gasteiger partial charge in [0.05, 0.1) is 14.2 Å². The third kappa shape index (κ3) is 6.93. The monoisotopic (exact) mass is 363 g/mol. The molecule has 26 heavy (non-hydrogen) atoms. The van der Waals surface area contributed by atoms with E-state index in [2.05, 4.69) is 11.2 Å². The molecule has 0 radical (unpaired) electrons. The summed E-state index contributed by atoms with van der Waals surface area (Å²) in [7, 11) is 3.05. The molecule has 0 saturated heterocycles. The van der Waals surface area contributed by atoms with E-state index in [0.717, 1.165) is 0 Å². The molecule has 0 fully saturated rings. The highest BCUT2D eigenvalue weighted by atomic mass is 16.6. The Morgan fingerprint density at radius 1 is 1.19 bits per heavy atom. The number of alkyl carbamates (subject to hydrolysis) is 1. The highest BCUT2D eigenvalue weighted by Crippen LogP contribution is 2.27. The summed E-state index contributed by atoms with van der Waals surface area (Å²) >= 11 is 0. The van der Waals surface area contributed by atoms with Crippen LogP contribution in [0.1, 0.15) is 32.8 Å². The molecule has 0 saturated carbocycles. The molecule has 0 aliphatic heterocycles. The Balaban J connectivity index is 2.70. The summed E-state index contributed by atoms with van der Waals surface area (Å²) in [5.41, 5.74) is 0.0154. The van der Waals surface area contributed by atoms with Gasteiger partial charge in [0.2, 0.25) is 0 Å². The first-order valence-electron chi connectivity index (χ1n) is 8.00. The molecule has 1 atom stereocenters. The number of benzene rings is 1. The number of amides is 1. The number of esters is 1. The molecule has 0 aliphatic rings. The van der Waals surface area contributed by atoms with Crippen LogP contribution in [0.25, 0.3) is 0 Å². The van der Waals surface area contributed by atoms with Crippen molar-refractivity contribution in [1.29, 1.82) is 0 Å². The van der Waals surface area contributed by atoms with Gasteiger partial charge < -0.3 is 24.3 Å². The van der Waals surface area contributed by atoms with E-state index in [-0.39, 0.29) is 13.0 Å². The third-order valence-corrected chi connectivity index (χ3v) is 3.13. The molecule has 0 spiro atoms. The molecule has 1 aromatic carbocycles. The van der Waals surface area contributed by atoms with Crippen LogP contribution >= 0.6 is 0 Å². The number of hydrogen-bond donors (Lipinski definition) is 1. The van der Waals surface area contributed by atoms with Crippen LogP contribution in [-0.4, -0.2) is 37.9 Å². The van der Waals surface area contributed by atoms with Crippen LogP contribution in [0, 0.1) is 12.3 Å². The largest absolute Gasteiger partial charge is 0.493 e. The van der Waals surface area contributed by atoms with Crippen LogP contribution in [0.3, 0.4) is 0 Å². The predicted octanol–water partition coefficient (Wildman–Crippen LogP) is 2.66. The minimum atomic E-state index is -0.991. The van der Waals surface area contributed by atoms with Gasteiger partial charge in [-0.25, -0.2) is 9.59 Å². The maximum absolute atomic E-state index is 12.2. The first kappa shape index (κ1) is 21.2. The van der Waals surface area contributed by atoms with Crippen LogP contribution in [0.2, 0.25) is 0 Å². The second kappa shape index (κ2) is 9.56. The van der Waals surface area contributed by atoms with E-state index in [1.807, 2.05) is 0 Å². The maximum atomic E-state index is 12.2. The van der Waals surface area contributed by atoms with Gasteiger partial charge in [0.25, 0.3) is 0 Å². The zero-order valence-electron chi connectivity index (χ0n) is 15.8. The molecule has 142 valence electrons. The quantitative estimate of drug-likeness (QED) is 0.592. The van der Waals surface area contributed by atoms with Crippen molar-refractivity contribution in [1.82, 2.24) is 5.32 Å². The van der Waals surface area contributed by atoms with Gasteiger partial charge in [-0.2, -0.15) is 0 Å². The van der Waals surface area contributed by atoms with Crippen molar-refractivity contribution in [2.45, 2.75) is 45.4 Å². The number of hydrogen-bond acceptors (Lipinski definition) is 6. The second-order valence-corrected chi connectivity index (χ2v) is 6.40. The highest BCUT2D eigenvalue weighted by Gasteiger charge is 2.25. The highest BCUT2D eigenvalue weighted by molar-refractivity contribution is 5.81. The lowest BCUT2D eigenvalue weighted by Crippen LogP contribution is -2.44. The smallest absolute Gasteiger partial charge is 0.408 e. The Hall–Kier alpha value is -2.88. The number of carbonyl (C=O) groups is 2. The number of terminal acetylenes is 1. The summed E-state index contributed by atoms with van der Waals surface area (Å²) in [6.07, 6.45) is 4.52. The number of nitrogens with one attached hydrogen (secondary N) is 1. The van der Waals surface area contributed by atoms with Crippen LogP contribution in [0.4, 0.5) is 4.79 Å². The first-order chi connectivity index (χ1) is 12.2. The molecule has 0 aromatic heterocycles. The Labute approximate surface area is 154 Å². The zero-order chi connectivity index (χ0) is 19.7. The molecule has 0 heterocycles. The van der Waals surface area contributed by atoms with Gasteiger partial charge in [0, 0.05) is 6.42 Å². The van der Waals surface area contributed by atoms with E-state index in [4.69, 9.17) is 25.4 Å². The van der Waals surface area contributed by atoms with Crippen LogP contribution in [-0.2, 0) is 20.9 Å². The molecular formula is C19H25NO6. The fourth-order valence-electron chi connectivity index (χ4n) is 1.99. The van der Waals surface area contributed by atoms with Crippen molar-refractivity contribution >= 4 is 12.1 Å². The Morgan fingerprint density at radius 2 is 1.85 bits per heavy atom. The van der Waals surface area contributed by atoms with E-state index in [1.165, 1.54) is 14.2 Å². The van der Waals surface area contributed by atoms with Crippen molar-refractivity contribution in [3.8, 4) is 23.8 Å². The van der Waals surface area contributed by atoms with Gasteiger partial charge in [-0.15, -0.1) is 12.3 Å². The number of ether oxygens (including phenoxy) is 4. The van der Waals surface area contributed by atoms with E-state index >= 15 is 0 Å². The van der Waals surface area contributed by atoms with Gasteiger partial charge in [-0.1, -0.05) is 6.07 Å². The number of rotatable bonds is 7. The van der Waals surface area contributed by atoms with Gasteiger partial charge >= 0.3 is 12.1 Å².